The van der Waals surface area contributed by atoms with Gasteiger partial charge in [-0.15, -0.1) is 0 Å². The Morgan fingerprint density at radius 1 is 0.970 bits per heavy atom. The standard InChI is InChI=1S/C23H26N4O5S/c24-17-20-4-1-2-5-21(20)18-32-22-7-3-6-19(16-22)23(28)25-8-10-26(11-9-25)33(29,30)27-12-14-31-15-13-27/h1-7,16H,8-15,18H2. The van der Waals surface area contributed by atoms with Crippen LogP contribution in [0.1, 0.15) is 21.5 Å². The van der Waals surface area contributed by atoms with E-state index >= 15 is 0 Å². The first-order chi connectivity index (χ1) is 16.0. The van der Waals surface area contributed by atoms with E-state index in [1.165, 1.54) is 8.61 Å². The normalized spacial score (nSPS) is 18.0. The van der Waals surface area contributed by atoms with Gasteiger partial charge in [0.25, 0.3) is 16.1 Å². The number of hydrogen-bond donors (Lipinski definition) is 0. The van der Waals surface area contributed by atoms with Gasteiger partial charge < -0.3 is 14.4 Å². The second-order valence-corrected chi connectivity index (χ2v) is 9.72. The van der Waals surface area contributed by atoms with Crippen molar-refractivity contribution in [2.75, 3.05) is 52.5 Å². The molecule has 0 spiro atoms. The Morgan fingerprint density at radius 3 is 2.39 bits per heavy atom. The number of benzene rings is 2. The first kappa shape index (κ1) is 23.2. The predicted molar refractivity (Wildman–Crippen MR) is 121 cm³/mol. The number of carbonyl (C=O) groups is 1. The number of nitrogens with zero attached hydrogens (tertiary/aromatic N) is 4. The Labute approximate surface area is 193 Å². The van der Waals surface area contributed by atoms with E-state index < -0.39 is 10.2 Å². The molecular formula is C23H26N4O5S. The molecule has 0 unspecified atom stereocenters. The van der Waals surface area contributed by atoms with Crippen molar-refractivity contribution in [2.45, 2.75) is 6.61 Å². The highest BCUT2D eigenvalue weighted by Crippen LogP contribution is 2.20. The molecule has 2 aliphatic heterocycles. The highest BCUT2D eigenvalue weighted by molar-refractivity contribution is 7.86. The molecular weight excluding hydrogens is 444 g/mol. The van der Waals surface area contributed by atoms with Gasteiger partial charge >= 0.3 is 0 Å². The molecule has 0 N–H and O–H groups in total. The van der Waals surface area contributed by atoms with Gasteiger partial charge in [0.2, 0.25) is 0 Å². The van der Waals surface area contributed by atoms with Gasteiger partial charge in [-0.2, -0.15) is 22.3 Å². The van der Waals surface area contributed by atoms with Crippen LogP contribution in [0.4, 0.5) is 0 Å². The van der Waals surface area contributed by atoms with E-state index in [1.54, 1.807) is 41.3 Å². The molecule has 10 heteroatoms. The zero-order valence-corrected chi connectivity index (χ0v) is 19.0. The number of rotatable bonds is 6. The van der Waals surface area contributed by atoms with Gasteiger partial charge in [0.15, 0.2) is 0 Å². The van der Waals surface area contributed by atoms with Gasteiger partial charge in [-0.1, -0.05) is 24.3 Å². The molecule has 9 nitrogen and oxygen atoms in total. The molecule has 2 saturated heterocycles. The maximum atomic E-state index is 13.0. The van der Waals surface area contributed by atoms with Crippen LogP contribution in [-0.4, -0.2) is 80.3 Å². The molecule has 1 amide bonds. The Hall–Kier alpha value is -2.97. The van der Waals surface area contributed by atoms with Crippen LogP contribution in [0, 0.1) is 11.3 Å². The van der Waals surface area contributed by atoms with Crippen LogP contribution >= 0.6 is 0 Å². The topological polar surface area (TPSA) is 103 Å². The third-order valence-electron chi connectivity index (χ3n) is 5.76. The number of amides is 1. The molecule has 2 aromatic rings. The summed E-state index contributed by atoms with van der Waals surface area (Å²) in [6, 6.07) is 16.3. The SMILES string of the molecule is N#Cc1ccccc1COc1cccc(C(=O)N2CCN(S(=O)(=O)N3CCOCC3)CC2)c1. The smallest absolute Gasteiger partial charge is 0.282 e. The molecule has 174 valence electrons. The molecule has 0 aliphatic carbocycles. The van der Waals surface area contributed by atoms with E-state index in [0.29, 0.717) is 56.3 Å². The van der Waals surface area contributed by atoms with Gasteiger partial charge in [-0.25, -0.2) is 0 Å². The van der Waals surface area contributed by atoms with Crippen LogP contribution in [-0.2, 0) is 21.6 Å². The summed E-state index contributed by atoms with van der Waals surface area (Å²) >= 11 is 0. The molecule has 0 saturated carbocycles. The van der Waals surface area contributed by atoms with Gasteiger partial charge in [0.05, 0.1) is 24.8 Å². The molecule has 2 heterocycles. The predicted octanol–water partition coefficient (Wildman–Crippen LogP) is 1.47. The fourth-order valence-corrected chi connectivity index (χ4v) is 5.44. The fourth-order valence-electron chi connectivity index (χ4n) is 3.88. The summed E-state index contributed by atoms with van der Waals surface area (Å²) in [4.78, 5) is 14.7. The number of nitriles is 1. The van der Waals surface area contributed by atoms with Crippen LogP contribution in [0.2, 0.25) is 0 Å². The highest BCUT2D eigenvalue weighted by atomic mass is 32.2. The van der Waals surface area contributed by atoms with Crippen LogP contribution in [0.15, 0.2) is 48.5 Å². The Morgan fingerprint density at radius 2 is 1.67 bits per heavy atom. The van der Waals surface area contributed by atoms with Crippen molar-refractivity contribution in [3.8, 4) is 11.8 Å². The van der Waals surface area contributed by atoms with Gasteiger partial charge in [-0.3, -0.25) is 4.79 Å². The zero-order chi connectivity index (χ0) is 23.3. The summed E-state index contributed by atoms with van der Waals surface area (Å²) in [6.07, 6.45) is 0. The lowest BCUT2D eigenvalue weighted by Crippen LogP contribution is -2.55. The van der Waals surface area contributed by atoms with Crippen molar-refractivity contribution >= 4 is 16.1 Å². The Kier molecular flexibility index (Phi) is 7.25. The lowest BCUT2D eigenvalue weighted by atomic mass is 10.1. The monoisotopic (exact) mass is 470 g/mol. The van der Waals surface area contributed by atoms with E-state index in [4.69, 9.17) is 9.47 Å². The molecule has 0 aromatic heterocycles. The van der Waals surface area contributed by atoms with Crippen molar-refractivity contribution in [1.29, 1.82) is 5.26 Å². The molecule has 2 fully saturated rings. The fraction of sp³-hybridized carbons (Fsp3) is 0.391. The Balaban J connectivity index is 1.36. The van der Waals surface area contributed by atoms with E-state index in [9.17, 15) is 18.5 Å². The molecule has 33 heavy (non-hydrogen) atoms. The van der Waals surface area contributed by atoms with Crippen LogP contribution in [0.25, 0.3) is 0 Å². The quantitative estimate of drug-likeness (QED) is 0.634. The van der Waals surface area contributed by atoms with Gasteiger partial charge in [0.1, 0.15) is 12.4 Å². The number of ether oxygens (including phenoxy) is 2. The molecule has 4 rings (SSSR count). The number of morpholine rings is 1. The maximum absolute atomic E-state index is 13.0. The number of hydrogen-bond acceptors (Lipinski definition) is 6. The summed E-state index contributed by atoms with van der Waals surface area (Å²) in [7, 11) is -3.54. The molecule has 2 aliphatic rings. The van der Waals surface area contributed by atoms with E-state index in [1.807, 2.05) is 12.1 Å². The average Bonchev–Trinajstić information content (AvgIpc) is 2.88. The minimum atomic E-state index is -3.54. The summed E-state index contributed by atoms with van der Waals surface area (Å²) in [5, 5.41) is 9.21. The van der Waals surface area contributed by atoms with Crippen molar-refractivity contribution in [1.82, 2.24) is 13.5 Å². The Bertz CT molecular complexity index is 1130. The molecule has 0 bridgehead atoms. The average molecular weight is 471 g/mol. The third kappa shape index (κ3) is 5.34. The maximum Gasteiger partial charge on any atom is 0.282 e. The zero-order valence-electron chi connectivity index (χ0n) is 18.2. The second-order valence-electron chi connectivity index (χ2n) is 7.80. The van der Waals surface area contributed by atoms with Crippen molar-refractivity contribution in [3.05, 3.63) is 65.2 Å². The summed E-state index contributed by atoms with van der Waals surface area (Å²) in [5.41, 5.74) is 1.80. The van der Waals surface area contributed by atoms with Crippen molar-refractivity contribution in [3.63, 3.8) is 0 Å². The van der Waals surface area contributed by atoms with Crippen molar-refractivity contribution < 1.29 is 22.7 Å². The van der Waals surface area contributed by atoms with Crippen molar-refractivity contribution in [2.24, 2.45) is 0 Å². The van der Waals surface area contributed by atoms with E-state index in [2.05, 4.69) is 6.07 Å². The number of carbonyl (C=O) groups excluding carboxylic acids is 1. The third-order valence-corrected chi connectivity index (χ3v) is 7.80. The lowest BCUT2D eigenvalue weighted by molar-refractivity contribution is 0.0636. The summed E-state index contributed by atoms with van der Waals surface area (Å²) in [6.45, 7) is 2.89. The number of piperazine rings is 1. The molecule has 0 atom stereocenters. The lowest BCUT2D eigenvalue weighted by Gasteiger charge is -2.37. The van der Waals surface area contributed by atoms with Crippen LogP contribution in [0.5, 0.6) is 5.75 Å². The first-order valence-electron chi connectivity index (χ1n) is 10.8. The highest BCUT2D eigenvalue weighted by Gasteiger charge is 2.34. The van der Waals surface area contributed by atoms with Crippen LogP contribution < -0.4 is 4.74 Å². The largest absolute Gasteiger partial charge is 0.489 e. The first-order valence-corrected chi connectivity index (χ1v) is 12.2. The second kappa shape index (κ2) is 10.3. The van der Waals surface area contributed by atoms with Gasteiger partial charge in [-0.05, 0) is 24.3 Å². The molecule has 0 radical (unpaired) electrons. The minimum absolute atomic E-state index is 0.165. The summed E-state index contributed by atoms with van der Waals surface area (Å²) in [5.74, 6) is 0.364. The van der Waals surface area contributed by atoms with E-state index in [0.717, 1.165) is 5.56 Å². The van der Waals surface area contributed by atoms with Gasteiger partial charge in [0, 0.05) is 50.4 Å². The summed E-state index contributed by atoms with van der Waals surface area (Å²) < 4.78 is 39.6. The van der Waals surface area contributed by atoms with Crippen LogP contribution in [0.3, 0.4) is 0 Å². The molecule has 2 aromatic carbocycles. The minimum Gasteiger partial charge on any atom is -0.489 e. The van der Waals surface area contributed by atoms with E-state index in [-0.39, 0.29) is 25.6 Å².